The van der Waals surface area contributed by atoms with Gasteiger partial charge in [0.25, 0.3) is 5.91 Å². The van der Waals surface area contributed by atoms with E-state index < -0.39 is 0 Å². The highest BCUT2D eigenvalue weighted by atomic mass is 35.5. The van der Waals surface area contributed by atoms with Crippen LogP contribution in [0.5, 0.6) is 0 Å². The van der Waals surface area contributed by atoms with Crippen molar-refractivity contribution in [2.75, 3.05) is 0 Å². The van der Waals surface area contributed by atoms with Gasteiger partial charge in [0.2, 0.25) is 0 Å². The lowest BCUT2D eigenvalue weighted by Crippen LogP contribution is -2.17. The van der Waals surface area contributed by atoms with Crippen LogP contribution in [0.4, 0.5) is 0 Å². The smallest absolute Gasteiger partial charge is 0.267 e. The van der Waals surface area contributed by atoms with E-state index in [2.05, 4.69) is 10.5 Å². The van der Waals surface area contributed by atoms with Crippen LogP contribution in [0.1, 0.15) is 15.9 Å². The molecule has 22 heavy (non-hydrogen) atoms. The minimum absolute atomic E-state index is 0.241. The number of hydrazone groups is 1. The zero-order valence-electron chi connectivity index (χ0n) is 11.7. The maximum absolute atomic E-state index is 12.3. The summed E-state index contributed by atoms with van der Waals surface area (Å²) in [5.74, 6) is -0.241. The fraction of sp³-hybridized carbons (Fsp3) is 0. The van der Waals surface area contributed by atoms with Crippen LogP contribution in [0.25, 0.3) is 10.8 Å². The van der Waals surface area contributed by atoms with Crippen LogP contribution in [0.15, 0.2) is 71.8 Å². The van der Waals surface area contributed by atoms with Gasteiger partial charge in [-0.25, -0.2) is 5.43 Å². The fourth-order valence-corrected chi connectivity index (χ4v) is 2.43. The molecule has 0 heterocycles. The molecule has 0 saturated heterocycles. The number of nitrogens with zero attached hydrogens (tertiary/aromatic N) is 1. The number of hydrogen-bond donors (Lipinski definition) is 1. The van der Waals surface area contributed by atoms with Crippen LogP contribution in [0, 0.1) is 0 Å². The number of amides is 1. The average Bonchev–Trinajstić information content (AvgIpc) is 2.54. The van der Waals surface area contributed by atoms with Gasteiger partial charge in [-0.2, -0.15) is 5.10 Å². The molecular weight excluding hydrogens is 296 g/mol. The molecule has 0 aliphatic heterocycles. The third kappa shape index (κ3) is 3.15. The molecule has 0 bridgehead atoms. The summed E-state index contributed by atoms with van der Waals surface area (Å²) >= 11 is 5.90. The zero-order valence-corrected chi connectivity index (χ0v) is 12.4. The second-order valence-electron chi connectivity index (χ2n) is 4.78. The Morgan fingerprint density at radius 2 is 1.77 bits per heavy atom. The summed E-state index contributed by atoms with van der Waals surface area (Å²) in [4.78, 5) is 12.3. The molecule has 108 valence electrons. The van der Waals surface area contributed by atoms with Gasteiger partial charge in [0.05, 0.1) is 6.21 Å². The molecule has 1 N–H and O–H groups in total. The third-order valence-corrected chi connectivity index (χ3v) is 3.50. The van der Waals surface area contributed by atoms with E-state index in [1.54, 1.807) is 24.4 Å². The lowest BCUT2D eigenvalue weighted by molar-refractivity contribution is 0.0957. The standard InChI is InChI=1S/C18H13ClN2O/c19-15-8-3-5-13(11-15)12-20-21-18(22)17-10-4-7-14-6-1-2-9-16(14)17/h1-12H,(H,21,22)/b20-12+. The molecule has 0 aliphatic carbocycles. The van der Waals surface area contributed by atoms with Crippen LogP contribution in [0.3, 0.4) is 0 Å². The van der Waals surface area contributed by atoms with Gasteiger partial charge < -0.3 is 0 Å². The van der Waals surface area contributed by atoms with Crippen molar-refractivity contribution in [1.82, 2.24) is 5.43 Å². The van der Waals surface area contributed by atoms with Crippen molar-refractivity contribution in [1.29, 1.82) is 0 Å². The van der Waals surface area contributed by atoms with Gasteiger partial charge in [0.15, 0.2) is 0 Å². The quantitative estimate of drug-likeness (QED) is 0.570. The maximum atomic E-state index is 12.3. The van der Waals surface area contributed by atoms with E-state index in [9.17, 15) is 4.79 Å². The number of rotatable bonds is 3. The van der Waals surface area contributed by atoms with E-state index in [4.69, 9.17) is 11.6 Å². The van der Waals surface area contributed by atoms with Crippen molar-refractivity contribution in [3.8, 4) is 0 Å². The van der Waals surface area contributed by atoms with Gasteiger partial charge in [0.1, 0.15) is 0 Å². The molecule has 0 atom stereocenters. The number of carbonyl (C=O) groups is 1. The molecule has 0 saturated carbocycles. The molecule has 0 fully saturated rings. The maximum Gasteiger partial charge on any atom is 0.271 e. The van der Waals surface area contributed by atoms with Crippen molar-refractivity contribution >= 4 is 34.5 Å². The molecule has 0 aliphatic rings. The van der Waals surface area contributed by atoms with Crippen LogP contribution >= 0.6 is 11.6 Å². The Morgan fingerprint density at radius 3 is 2.64 bits per heavy atom. The summed E-state index contributed by atoms with van der Waals surface area (Å²) in [6.07, 6.45) is 1.56. The molecule has 3 nitrogen and oxygen atoms in total. The molecule has 1 amide bonds. The van der Waals surface area contributed by atoms with Gasteiger partial charge in [-0.3, -0.25) is 4.79 Å². The Balaban J connectivity index is 1.79. The molecule has 3 aromatic carbocycles. The minimum Gasteiger partial charge on any atom is -0.267 e. The molecule has 3 aromatic rings. The highest BCUT2D eigenvalue weighted by Crippen LogP contribution is 2.18. The second-order valence-corrected chi connectivity index (χ2v) is 5.22. The van der Waals surface area contributed by atoms with Gasteiger partial charge in [-0.1, -0.05) is 60.1 Å². The van der Waals surface area contributed by atoms with E-state index in [1.165, 1.54) is 0 Å². The summed E-state index contributed by atoms with van der Waals surface area (Å²) in [7, 11) is 0. The summed E-state index contributed by atoms with van der Waals surface area (Å²) in [6.45, 7) is 0. The first-order chi connectivity index (χ1) is 10.7. The van der Waals surface area contributed by atoms with Crippen LogP contribution in [0.2, 0.25) is 5.02 Å². The first-order valence-electron chi connectivity index (χ1n) is 6.81. The molecule has 0 aromatic heterocycles. The molecule has 0 unspecified atom stereocenters. The van der Waals surface area contributed by atoms with Crippen LogP contribution in [-0.2, 0) is 0 Å². The SMILES string of the molecule is O=C(N/N=C/c1cccc(Cl)c1)c1cccc2ccccc12. The Kier molecular flexibility index (Phi) is 4.17. The molecule has 4 heteroatoms. The first kappa shape index (κ1) is 14.3. The van der Waals surface area contributed by atoms with Crippen LogP contribution in [-0.4, -0.2) is 12.1 Å². The average molecular weight is 309 g/mol. The third-order valence-electron chi connectivity index (χ3n) is 3.26. The molecule has 0 spiro atoms. The minimum atomic E-state index is -0.241. The van der Waals surface area contributed by atoms with E-state index in [-0.39, 0.29) is 5.91 Å². The van der Waals surface area contributed by atoms with Gasteiger partial charge in [-0.15, -0.1) is 0 Å². The molecular formula is C18H13ClN2O. The van der Waals surface area contributed by atoms with Crippen molar-refractivity contribution in [3.05, 3.63) is 82.9 Å². The van der Waals surface area contributed by atoms with E-state index in [0.717, 1.165) is 16.3 Å². The van der Waals surface area contributed by atoms with Crippen molar-refractivity contribution in [2.45, 2.75) is 0 Å². The van der Waals surface area contributed by atoms with Gasteiger partial charge in [0, 0.05) is 10.6 Å². The topological polar surface area (TPSA) is 41.5 Å². The summed E-state index contributed by atoms with van der Waals surface area (Å²) < 4.78 is 0. The molecule has 3 rings (SSSR count). The highest BCUT2D eigenvalue weighted by Gasteiger charge is 2.08. The van der Waals surface area contributed by atoms with E-state index in [0.29, 0.717) is 10.6 Å². The van der Waals surface area contributed by atoms with Crippen molar-refractivity contribution in [3.63, 3.8) is 0 Å². The Hall–Kier alpha value is -2.65. The summed E-state index contributed by atoms with van der Waals surface area (Å²) in [5, 5.41) is 6.54. The number of carbonyl (C=O) groups excluding carboxylic acids is 1. The zero-order chi connectivity index (χ0) is 15.4. The largest absolute Gasteiger partial charge is 0.271 e. The fourth-order valence-electron chi connectivity index (χ4n) is 2.24. The number of fused-ring (bicyclic) bond motifs is 1. The van der Waals surface area contributed by atoms with Crippen molar-refractivity contribution in [2.24, 2.45) is 5.10 Å². The van der Waals surface area contributed by atoms with Crippen molar-refractivity contribution < 1.29 is 4.79 Å². The number of halogens is 1. The lowest BCUT2D eigenvalue weighted by atomic mass is 10.0. The Bertz CT molecular complexity index is 853. The van der Waals surface area contributed by atoms with Crippen LogP contribution < -0.4 is 5.43 Å². The number of hydrogen-bond acceptors (Lipinski definition) is 2. The number of nitrogens with one attached hydrogen (secondary N) is 1. The Morgan fingerprint density at radius 1 is 1.00 bits per heavy atom. The normalized spacial score (nSPS) is 11.0. The monoisotopic (exact) mass is 308 g/mol. The first-order valence-corrected chi connectivity index (χ1v) is 7.18. The highest BCUT2D eigenvalue weighted by molar-refractivity contribution is 6.30. The number of benzene rings is 3. The predicted octanol–water partition coefficient (Wildman–Crippen LogP) is 4.26. The summed E-state index contributed by atoms with van der Waals surface area (Å²) in [5.41, 5.74) is 3.97. The lowest BCUT2D eigenvalue weighted by Gasteiger charge is -2.04. The van der Waals surface area contributed by atoms with E-state index in [1.807, 2.05) is 48.5 Å². The predicted molar refractivity (Wildman–Crippen MR) is 90.5 cm³/mol. The summed E-state index contributed by atoms with van der Waals surface area (Å²) in [6, 6.07) is 20.6. The second kappa shape index (κ2) is 6.41. The van der Waals surface area contributed by atoms with Gasteiger partial charge in [-0.05, 0) is 34.5 Å². The van der Waals surface area contributed by atoms with Gasteiger partial charge >= 0.3 is 0 Å². The molecule has 0 radical (unpaired) electrons. The van der Waals surface area contributed by atoms with E-state index >= 15 is 0 Å². The Labute approximate surface area is 133 Å².